The number of aryl methyl sites for hydroxylation is 1. The zero-order valence-electron chi connectivity index (χ0n) is 13.1. The molecular formula is C18H15N3O3. The topological polar surface area (TPSA) is 88.0 Å². The highest BCUT2D eigenvalue weighted by Crippen LogP contribution is 2.14. The van der Waals surface area contributed by atoms with Gasteiger partial charge in [0.15, 0.2) is 5.58 Å². The van der Waals surface area contributed by atoms with Crippen LogP contribution in [0, 0.1) is 11.3 Å². The number of nitrogens with one attached hydrogen (secondary N) is 1. The number of rotatable bonds is 4. The van der Waals surface area contributed by atoms with E-state index in [-0.39, 0.29) is 5.91 Å². The SMILES string of the molecule is Cn1c(=O)oc2cc(CCNC(=O)c3cccc(C#N)c3)ccc21. The van der Waals surface area contributed by atoms with E-state index in [1.54, 1.807) is 37.4 Å². The molecule has 6 heteroatoms. The third-order valence-electron chi connectivity index (χ3n) is 3.81. The average Bonchev–Trinajstić information content (AvgIpc) is 2.88. The number of nitrogens with zero attached hydrogens (tertiary/aromatic N) is 2. The van der Waals surface area contributed by atoms with Crippen LogP contribution < -0.4 is 11.1 Å². The third-order valence-corrected chi connectivity index (χ3v) is 3.81. The second-order valence-electron chi connectivity index (χ2n) is 5.43. The summed E-state index contributed by atoms with van der Waals surface area (Å²) in [7, 11) is 1.66. The zero-order valence-corrected chi connectivity index (χ0v) is 13.1. The normalized spacial score (nSPS) is 10.5. The lowest BCUT2D eigenvalue weighted by Crippen LogP contribution is -2.25. The number of amides is 1. The summed E-state index contributed by atoms with van der Waals surface area (Å²) in [6.07, 6.45) is 0.609. The number of carbonyl (C=O) groups is 1. The maximum atomic E-state index is 12.1. The summed E-state index contributed by atoms with van der Waals surface area (Å²) in [5, 5.41) is 11.7. The molecule has 0 saturated carbocycles. The monoisotopic (exact) mass is 321 g/mol. The molecule has 0 spiro atoms. The van der Waals surface area contributed by atoms with E-state index in [1.807, 2.05) is 18.2 Å². The predicted molar refractivity (Wildman–Crippen MR) is 88.6 cm³/mol. The minimum atomic E-state index is -0.396. The fraction of sp³-hybridized carbons (Fsp3) is 0.167. The number of benzene rings is 2. The Kier molecular flexibility index (Phi) is 4.17. The van der Waals surface area contributed by atoms with Crippen molar-refractivity contribution in [2.45, 2.75) is 6.42 Å². The molecule has 0 radical (unpaired) electrons. The number of nitriles is 1. The lowest BCUT2D eigenvalue weighted by atomic mass is 10.1. The second-order valence-corrected chi connectivity index (χ2v) is 5.43. The third kappa shape index (κ3) is 3.06. The van der Waals surface area contributed by atoms with Crippen molar-refractivity contribution in [1.82, 2.24) is 9.88 Å². The van der Waals surface area contributed by atoms with Gasteiger partial charge in [-0.1, -0.05) is 12.1 Å². The largest absolute Gasteiger partial charge is 0.419 e. The Morgan fingerprint density at radius 1 is 1.29 bits per heavy atom. The van der Waals surface area contributed by atoms with Crippen LogP contribution >= 0.6 is 0 Å². The number of hydrogen-bond donors (Lipinski definition) is 1. The minimum absolute atomic E-state index is 0.223. The van der Waals surface area contributed by atoms with Crippen LogP contribution in [0.2, 0.25) is 0 Å². The van der Waals surface area contributed by atoms with Gasteiger partial charge in [-0.2, -0.15) is 5.26 Å². The predicted octanol–water partition coefficient (Wildman–Crippen LogP) is 1.98. The number of carbonyl (C=O) groups excluding carboxylic acids is 1. The molecule has 3 rings (SSSR count). The summed E-state index contributed by atoms with van der Waals surface area (Å²) < 4.78 is 6.60. The van der Waals surface area contributed by atoms with Crippen molar-refractivity contribution in [3.63, 3.8) is 0 Å². The number of oxazole rings is 1. The molecule has 24 heavy (non-hydrogen) atoms. The van der Waals surface area contributed by atoms with Gasteiger partial charge in [0.2, 0.25) is 0 Å². The van der Waals surface area contributed by atoms with E-state index in [2.05, 4.69) is 5.32 Å². The van der Waals surface area contributed by atoms with Crippen LogP contribution in [0.1, 0.15) is 21.5 Å². The van der Waals surface area contributed by atoms with Gasteiger partial charge >= 0.3 is 5.76 Å². The number of hydrogen-bond acceptors (Lipinski definition) is 4. The van der Waals surface area contributed by atoms with Crippen LogP contribution in [0.25, 0.3) is 11.1 Å². The summed E-state index contributed by atoms with van der Waals surface area (Å²) in [5.74, 6) is -0.618. The molecule has 0 aliphatic heterocycles. The second kappa shape index (κ2) is 6.42. The minimum Gasteiger partial charge on any atom is -0.408 e. The Hall–Kier alpha value is -3.33. The van der Waals surface area contributed by atoms with Gasteiger partial charge in [-0.25, -0.2) is 4.79 Å². The van der Waals surface area contributed by atoms with Crippen LogP contribution in [-0.4, -0.2) is 17.0 Å². The van der Waals surface area contributed by atoms with Gasteiger partial charge in [0.1, 0.15) is 0 Å². The highest BCUT2D eigenvalue weighted by molar-refractivity contribution is 5.94. The summed E-state index contributed by atoms with van der Waals surface area (Å²) in [6, 6.07) is 14.1. The Bertz CT molecular complexity index is 1010. The molecule has 120 valence electrons. The maximum Gasteiger partial charge on any atom is 0.419 e. The Labute approximate surface area is 137 Å². The molecule has 1 N–H and O–H groups in total. The lowest BCUT2D eigenvalue weighted by molar-refractivity contribution is 0.0954. The van der Waals surface area contributed by atoms with Gasteiger partial charge in [-0.3, -0.25) is 9.36 Å². The van der Waals surface area contributed by atoms with Crippen molar-refractivity contribution in [3.05, 3.63) is 69.7 Å². The van der Waals surface area contributed by atoms with Crippen molar-refractivity contribution >= 4 is 17.0 Å². The first-order chi connectivity index (χ1) is 11.6. The van der Waals surface area contributed by atoms with E-state index < -0.39 is 5.76 Å². The van der Waals surface area contributed by atoms with Crippen LogP contribution in [0.3, 0.4) is 0 Å². The van der Waals surface area contributed by atoms with E-state index in [9.17, 15) is 9.59 Å². The number of aromatic nitrogens is 1. The van der Waals surface area contributed by atoms with E-state index in [0.29, 0.717) is 29.7 Å². The molecule has 0 bridgehead atoms. The van der Waals surface area contributed by atoms with E-state index in [1.165, 1.54) is 4.57 Å². The molecule has 2 aromatic carbocycles. The fourth-order valence-electron chi connectivity index (χ4n) is 2.49. The summed E-state index contributed by atoms with van der Waals surface area (Å²) in [5.41, 5.74) is 3.14. The highest BCUT2D eigenvalue weighted by Gasteiger charge is 2.08. The molecule has 0 atom stereocenters. The Morgan fingerprint density at radius 2 is 2.12 bits per heavy atom. The van der Waals surface area contributed by atoms with Crippen LogP contribution in [-0.2, 0) is 13.5 Å². The molecule has 0 aliphatic carbocycles. The van der Waals surface area contributed by atoms with Crippen LogP contribution in [0.5, 0.6) is 0 Å². The van der Waals surface area contributed by atoms with E-state index in [4.69, 9.17) is 9.68 Å². The summed E-state index contributed by atoms with van der Waals surface area (Å²) in [4.78, 5) is 23.6. The smallest absolute Gasteiger partial charge is 0.408 e. The molecule has 0 fully saturated rings. The zero-order chi connectivity index (χ0) is 17.1. The molecule has 1 heterocycles. The maximum absolute atomic E-state index is 12.1. The van der Waals surface area contributed by atoms with Crippen molar-refractivity contribution in [2.24, 2.45) is 7.05 Å². The van der Waals surface area contributed by atoms with Crippen molar-refractivity contribution in [2.75, 3.05) is 6.54 Å². The number of fused-ring (bicyclic) bond motifs is 1. The van der Waals surface area contributed by atoms with Crippen molar-refractivity contribution < 1.29 is 9.21 Å². The summed E-state index contributed by atoms with van der Waals surface area (Å²) >= 11 is 0. The standard InChI is InChI=1S/C18H15N3O3/c1-21-15-6-5-12(10-16(15)24-18(21)23)7-8-20-17(22)14-4-2-3-13(9-14)11-19/h2-6,9-10H,7-8H2,1H3,(H,20,22). The molecular weight excluding hydrogens is 306 g/mol. The van der Waals surface area contributed by atoms with Crippen molar-refractivity contribution in [3.8, 4) is 6.07 Å². The molecule has 6 nitrogen and oxygen atoms in total. The average molecular weight is 321 g/mol. The molecule has 0 aliphatic rings. The van der Waals surface area contributed by atoms with Gasteiger partial charge in [0.05, 0.1) is 17.1 Å². The first kappa shape index (κ1) is 15.6. The molecule has 1 amide bonds. The van der Waals surface area contributed by atoms with Gasteiger partial charge in [0.25, 0.3) is 5.91 Å². The molecule has 1 aromatic heterocycles. The Balaban J connectivity index is 1.64. The van der Waals surface area contributed by atoms with Crippen LogP contribution in [0.15, 0.2) is 51.7 Å². The fourth-order valence-corrected chi connectivity index (χ4v) is 2.49. The van der Waals surface area contributed by atoms with Gasteiger partial charge in [0, 0.05) is 19.2 Å². The molecule has 0 unspecified atom stereocenters. The Morgan fingerprint density at radius 3 is 2.92 bits per heavy atom. The van der Waals surface area contributed by atoms with Crippen molar-refractivity contribution in [1.29, 1.82) is 5.26 Å². The van der Waals surface area contributed by atoms with Crippen LogP contribution in [0.4, 0.5) is 0 Å². The quantitative estimate of drug-likeness (QED) is 0.796. The molecule has 3 aromatic rings. The van der Waals surface area contributed by atoms with Gasteiger partial charge in [-0.05, 0) is 42.3 Å². The van der Waals surface area contributed by atoms with Gasteiger partial charge < -0.3 is 9.73 Å². The van der Waals surface area contributed by atoms with E-state index >= 15 is 0 Å². The lowest BCUT2D eigenvalue weighted by Gasteiger charge is -2.06. The first-order valence-corrected chi connectivity index (χ1v) is 7.45. The molecule has 0 saturated heterocycles. The van der Waals surface area contributed by atoms with E-state index in [0.717, 1.165) is 11.1 Å². The van der Waals surface area contributed by atoms with Gasteiger partial charge in [-0.15, -0.1) is 0 Å². The highest BCUT2D eigenvalue weighted by atomic mass is 16.4. The summed E-state index contributed by atoms with van der Waals surface area (Å²) in [6.45, 7) is 0.443. The first-order valence-electron chi connectivity index (χ1n) is 7.45.